The van der Waals surface area contributed by atoms with Crippen LogP contribution in [0.15, 0.2) is 77.9 Å². The number of halogens is 2. The highest BCUT2D eigenvalue weighted by Crippen LogP contribution is 2.32. The van der Waals surface area contributed by atoms with Crippen molar-refractivity contribution in [3.63, 3.8) is 0 Å². The van der Waals surface area contributed by atoms with Gasteiger partial charge in [0.25, 0.3) is 5.56 Å². The van der Waals surface area contributed by atoms with E-state index in [1.54, 1.807) is 70.8 Å². The number of nitrogen functional groups attached to an aromatic ring is 1. The molecular formula is C39H40Cl2N8O5. The van der Waals surface area contributed by atoms with Gasteiger partial charge in [-0.05, 0) is 42.3 Å². The van der Waals surface area contributed by atoms with Gasteiger partial charge >= 0.3 is 0 Å². The number of fused-ring (bicyclic) bond motifs is 2. The molecule has 3 heterocycles. The summed E-state index contributed by atoms with van der Waals surface area (Å²) in [4.78, 5) is 42.7. The number of anilines is 1. The first-order valence-electron chi connectivity index (χ1n) is 17.1. The second-order valence-corrected chi connectivity index (χ2v) is 12.7. The lowest BCUT2D eigenvalue weighted by molar-refractivity contribution is -0.132. The van der Waals surface area contributed by atoms with Crippen LogP contribution in [0.3, 0.4) is 0 Å². The topological polar surface area (TPSA) is 164 Å². The fraction of sp³-hybridized carbons (Fsp3) is 0.282. The molecule has 0 unspecified atom stereocenters. The van der Waals surface area contributed by atoms with Crippen LogP contribution in [0.25, 0.3) is 33.2 Å². The van der Waals surface area contributed by atoms with Crippen molar-refractivity contribution in [1.82, 2.24) is 34.2 Å². The number of hydrogen-bond acceptors (Lipinski definition) is 10. The van der Waals surface area contributed by atoms with Crippen LogP contribution in [-0.2, 0) is 27.4 Å². The van der Waals surface area contributed by atoms with Crippen molar-refractivity contribution >= 4 is 57.7 Å². The van der Waals surface area contributed by atoms with E-state index in [9.17, 15) is 14.7 Å². The largest absolute Gasteiger partial charge is 0.508 e. The Hall–Kier alpha value is -5.52. The molecule has 0 spiro atoms. The van der Waals surface area contributed by atoms with Gasteiger partial charge in [-0.25, -0.2) is 19.6 Å². The minimum atomic E-state index is -0.296. The number of ether oxygens (including phenoxy) is 2. The average Bonchev–Trinajstić information content (AvgIpc) is 3.53. The zero-order valence-electron chi connectivity index (χ0n) is 29.9. The fourth-order valence-electron chi connectivity index (χ4n) is 6.03. The highest BCUT2D eigenvalue weighted by atomic mass is 35.5. The molecule has 3 aromatic carbocycles. The molecule has 3 N–H and O–H groups in total. The molecule has 15 heteroatoms. The number of carbonyl (C=O) groups excluding carboxylic acids is 1. The summed E-state index contributed by atoms with van der Waals surface area (Å²) in [6, 6.07) is 19.4. The second-order valence-electron chi connectivity index (χ2n) is 12.2. The van der Waals surface area contributed by atoms with Crippen molar-refractivity contribution in [2.45, 2.75) is 32.4 Å². The SMILES string of the molecule is COCCN(CCOC)C(=O)CCCC#Cc1cccc2nc(Cn3nc(-c4cccc(O)c4)c4c(N)ncnc43)n(Cc3ccccc3Cl)c(=O)c12.Cl. The Bertz CT molecular complexity index is 2380. The molecule has 280 valence electrons. The molecule has 0 aliphatic heterocycles. The van der Waals surface area contributed by atoms with Crippen LogP contribution in [0.5, 0.6) is 5.75 Å². The van der Waals surface area contributed by atoms with E-state index in [1.165, 1.54) is 6.33 Å². The van der Waals surface area contributed by atoms with E-state index in [4.69, 9.17) is 36.9 Å². The van der Waals surface area contributed by atoms with Crippen LogP contribution in [0.4, 0.5) is 5.82 Å². The number of benzene rings is 3. The van der Waals surface area contributed by atoms with Crippen LogP contribution in [-0.4, -0.2) is 85.7 Å². The molecule has 6 aromatic rings. The van der Waals surface area contributed by atoms with Crippen LogP contribution in [0.2, 0.25) is 5.02 Å². The number of phenolic OH excluding ortho intramolecular Hbond substituents is 1. The quantitative estimate of drug-likeness (QED) is 0.110. The number of methoxy groups -OCH3 is 2. The van der Waals surface area contributed by atoms with Gasteiger partial charge in [-0.15, -0.1) is 12.4 Å². The Morgan fingerprint density at radius 2 is 1.74 bits per heavy atom. The molecule has 0 saturated carbocycles. The summed E-state index contributed by atoms with van der Waals surface area (Å²) in [6.07, 6.45) is 2.71. The van der Waals surface area contributed by atoms with Gasteiger partial charge in [-0.2, -0.15) is 5.10 Å². The molecule has 13 nitrogen and oxygen atoms in total. The van der Waals surface area contributed by atoms with Crippen LogP contribution in [0, 0.1) is 11.8 Å². The van der Waals surface area contributed by atoms with Gasteiger partial charge in [0, 0.05) is 56.3 Å². The lowest BCUT2D eigenvalue weighted by Gasteiger charge is -2.21. The van der Waals surface area contributed by atoms with Gasteiger partial charge in [0.1, 0.15) is 36.0 Å². The maximum atomic E-state index is 14.5. The van der Waals surface area contributed by atoms with E-state index < -0.39 is 0 Å². The van der Waals surface area contributed by atoms with Crippen molar-refractivity contribution in [3.8, 4) is 28.8 Å². The Balaban J connectivity index is 0.00000561. The number of rotatable bonds is 14. The van der Waals surface area contributed by atoms with Crippen molar-refractivity contribution in [1.29, 1.82) is 0 Å². The molecule has 1 amide bonds. The van der Waals surface area contributed by atoms with Gasteiger partial charge in [0.05, 0.1) is 36.0 Å². The van der Waals surface area contributed by atoms with Crippen molar-refractivity contribution < 1.29 is 19.4 Å². The number of carbonyl (C=O) groups is 1. The summed E-state index contributed by atoms with van der Waals surface area (Å²) in [5.74, 6) is 7.03. The molecule has 0 bridgehead atoms. The predicted octanol–water partition coefficient (Wildman–Crippen LogP) is 5.31. The van der Waals surface area contributed by atoms with Gasteiger partial charge in [-0.1, -0.05) is 59.8 Å². The second kappa shape index (κ2) is 18.5. The number of aromatic nitrogens is 6. The lowest BCUT2D eigenvalue weighted by Crippen LogP contribution is -2.36. The summed E-state index contributed by atoms with van der Waals surface area (Å²) < 4.78 is 13.5. The third-order valence-corrected chi connectivity index (χ3v) is 9.09. The first kappa shape index (κ1) is 39.7. The van der Waals surface area contributed by atoms with Gasteiger partial charge < -0.3 is 25.2 Å². The maximum Gasteiger partial charge on any atom is 0.263 e. The normalized spacial score (nSPS) is 10.9. The van der Waals surface area contributed by atoms with Crippen molar-refractivity contribution in [2.24, 2.45) is 0 Å². The lowest BCUT2D eigenvalue weighted by atomic mass is 10.1. The molecule has 0 aliphatic rings. The third kappa shape index (κ3) is 8.98. The van der Waals surface area contributed by atoms with Gasteiger partial charge in [0.2, 0.25) is 5.91 Å². The molecule has 0 atom stereocenters. The molecule has 0 aliphatic carbocycles. The zero-order chi connectivity index (χ0) is 37.3. The van der Waals surface area contributed by atoms with E-state index >= 15 is 0 Å². The number of nitrogens with zero attached hydrogens (tertiary/aromatic N) is 7. The number of aromatic hydroxyl groups is 1. The Kier molecular flexibility index (Phi) is 13.6. The number of nitrogens with two attached hydrogens (primary N) is 1. The summed E-state index contributed by atoms with van der Waals surface area (Å²) in [5.41, 5.74) is 9.30. The standard InChI is InChI=1S/C39H39ClN8O5.ClH/c1-52-20-18-46(19-21-53-2)33(50)17-5-3-4-10-26-12-9-16-31-34(26)39(51)47(23-28-11-6-7-15-30(28)40)32(44-31)24-48-38-35(37(41)42-25-43-38)36(45-48)27-13-8-14-29(49)22-27;/h6-9,11-16,22,25,49H,3,5,17-21,23-24H2,1-2H3,(H2,41,42,43);1H. The average molecular weight is 772 g/mol. The van der Waals surface area contributed by atoms with E-state index in [1.807, 2.05) is 24.3 Å². The highest BCUT2D eigenvalue weighted by Gasteiger charge is 2.21. The third-order valence-electron chi connectivity index (χ3n) is 8.72. The monoisotopic (exact) mass is 770 g/mol. The minimum Gasteiger partial charge on any atom is -0.508 e. The first-order chi connectivity index (χ1) is 25.8. The summed E-state index contributed by atoms with van der Waals surface area (Å²) >= 11 is 6.59. The summed E-state index contributed by atoms with van der Waals surface area (Å²) in [7, 11) is 3.21. The van der Waals surface area contributed by atoms with Crippen LogP contribution < -0.4 is 11.3 Å². The summed E-state index contributed by atoms with van der Waals surface area (Å²) in [5, 5.41) is 16.4. The number of phenols is 1. The molecule has 54 heavy (non-hydrogen) atoms. The molecule has 0 radical (unpaired) electrons. The van der Waals surface area contributed by atoms with E-state index in [0.29, 0.717) is 95.2 Å². The van der Waals surface area contributed by atoms with E-state index in [0.717, 1.165) is 5.56 Å². The summed E-state index contributed by atoms with van der Waals surface area (Å²) in [6.45, 7) is 2.07. The highest BCUT2D eigenvalue weighted by molar-refractivity contribution is 6.31. The van der Waals surface area contributed by atoms with Gasteiger partial charge in [0.15, 0.2) is 5.65 Å². The van der Waals surface area contributed by atoms with Crippen molar-refractivity contribution in [2.75, 3.05) is 46.3 Å². The Morgan fingerprint density at radius 3 is 2.48 bits per heavy atom. The first-order valence-corrected chi connectivity index (χ1v) is 17.4. The van der Waals surface area contributed by atoms with Crippen LogP contribution in [0.1, 0.15) is 36.2 Å². The van der Waals surface area contributed by atoms with Gasteiger partial charge in [-0.3, -0.25) is 14.2 Å². The number of hydrogen-bond donors (Lipinski definition) is 2. The fourth-order valence-corrected chi connectivity index (χ4v) is 6.23. The molecule has 6 rings (SSSR count). The smallest absolute Gasteiger partial charge is 0.263 e. The molecule has 0 fully saturated rings. The predicted molar refractivity (Wildman–Crippen MR) is 211 cm³/mol. The number of amides is 1. The molecule has 3 aromatic heterocycles. The number of unbranched alkanes of at least 4 members (excludes halogenated alkanes) is 1. The van der Waals surface area contributed by atoms with Crippen LogP contribution >= 0.6 is 24.0 Å². The Morgan fingerprint density at radius 1 is 0.981 bits per heavy atom. The van der Waals surface area contributed by atoms with Crippen molar-refractivity contribution in [3.05, 3.63) is 105 Å². The van der Waals surface area contributed by atoms with E-state index in [-0.39, 0.29) is 48.5 Å². The minimum absolute atomic E-state index is 0. The zero-order valence-corrected chi connectivity index (χ0v) is 31.4. The molecular weight excluding hydrogens is 731 g/mol. The maximum absolute atomic E-state index is 14.5. The molecule has 0 saturated heterocycles. The van der Waals surface area contributed by atoms with E-state index in [2.05, 4.69) is 21.8 Å². The Labute approximate surface area is 323 Å².